The van der Waals surface area contributed by atoms with Gasteiger partial charge in [-0.25, -0.2) is 4.79 Å². The molecule has 6 nitrogen and oxygen atoms in total. The van der Waals surface area contributed by atoms with E-state index in [4.69, 9.17) is 4.42 Å². The summed E-state index contributed by atoms with van der Waals surface area (Å²) in [7, 11) is 0. The highest BCUT2D eigenvalue weighted by molar-refractivity contribution is 5.79. The fourth-order valence-corrected chi connectivity index (χ4v) is 3.43. The van der Waals surface area contributed by atoms with E-state index in [0.29, 0.717) is 23.9 Å². The highest BCUT2D eigenvalue weighted by atomic mass is 16.4. The quantitative estimate of drug-likeness (QED) is 0.750. The second-order valence-corrected chi connectivity index (χ2v) is 6.55. The Morgan fingerprint density at radius 1 is 1.12 bits per heavy atom. The third kappa shape index (κ3) is 2.96. The summed E-state index contributed by atoms with van der Waals surface area (Å²) in [6.45, 7) is 0.00389. The van der Waals surface area contributed by atoms with Gasteiger partial charge in [0.05, 0.1) is 11.1 Å². The fourth-order valence-electron chi connectivity index (χ4n) is 3.43. The maximum absolute atomic E-state index is 12.3. The molecule has 2 aromatic carbocycles. The molecule has 0 bridgehead atoms. The summed E-state index contributed by atoms with van der Waals surface area (Å²) in [4.78, 5) is 24.2. The number of rotatable bonds is 4. The molecule has 1 aliphatic rings. The normalized spacial score (nSPS) is 15.2. The van der Waals surface area contributed by atoms with Gasteiger partial charge < -0.3 is 14.8 Å². The molecule has 1 heterocycles. The van der Waals surface area contributed by atoms with E-state index in [2.05, 4.69) is 5.32 Å². The number of amides is 1. The molecule has 128 valence electrons. The van der Waals surface area contributed by atoms with Crippen molar-refractivity contribution in [3.05, 3.63) is 70.2 Å². The molecule has 25 heavy (non-hydrogen) atoms. The van der Waals surface area contributed by atoms with Crippen LogP contribution in [0.15, 0.2) is 57.7 Å². The molecule has 0 saturated carbocycles. The average Bonchev–Trinajstić information content (AvgIpc) is 3.10. The molecule has 0 radical (unpaired) electrons. The van der Waals surface area contributed by atoms with E-state index in [0.717, 1.165) is 11.1 Å². The highest BCUT2D eigenvalue weighted by Crippen LogP contribution is 2.29. The third-order valence-electron chi connectivity index (χ3n) is 4.65. The molecule has 1 amide bonds. The Morgan fingerprint density at radius 2 is 1.76 bits per heavy atom. The molecule has 4 rings (SSSR count). The molecule has 0 spiro atoms. The van der Waals surface area contributed by atoms with Gasteiger partial charge >= 0.3 is 5.76 Å². The summed E-state index contributed by atoms with van der Waals surface area (Å²) in [6, 6.07) is 14.8. The van der Waals surface area contributed by atoms with E-state index in [1.54, 1.807) is 24.3 Å². The van der Waals surface area contributed by atoms with Crippen LogP contribution >= 0.6 is 0 Å². The first kappa shape index (κ1) is 15.7. The number of carbonyl (C=O) groups is 1. The summed E-state index contributed by atoms with van der Waals surface area (Å²) in [5.74, 6) is -0.902. The number of carbonyl (C=O) groups excluding carboxylic acids is 1. The van der Waals surface area contributed by atoms with Crippen LogP contribution in [0.3, 0.4) is 0 Å². The fraction of sp³-hybridized carbons (Fsp3) is 0.263. The van der Waals surface area contributed by atoms with Crippen molar-refractivity contribution in [1.82, 2.24) is 9.88 Å². The van der Waals surface area contributed by atoms with Gasteiger partial charge in [0.2, 0.25) is 5.91 Å². The minimum atomic E-state index is -0.983. The van der Waals surface area contributed by atoms with Crippen molar-refractivity contribution < 1.29 is 14.3 Å². The van der Waals surface area contributed by atoms with Crippen molar-refractivity contribution in [1.29, 1.82) is 0 Å². The summed E-state index contributed by atoms with van der Waals surface area (Å²) in [5.41, 5.74) is 2.26. The van der Waals surface area contributed by atoms with E-state index < -0.39 is 11.4 Å². The Hall–Kier alpha value is -2.86. The number of aromatic nitrogens is 1. The number of benzene rings is 2. The van der Waals surface area contributed by atoms with Gasteiger partial charge in [0.1, 0.15) is 6.54 Å². The molecular weight excluding hydrogens is 320 g/mol. The molecule has 0 unspecified atom stereocenters. The van der Waals surface area contributed by atoms with E-state index >= 15 is 0 Å². The largest absolute Gasteiger partial charge is 0.420 e. The first-order valence-corrected chi connectivity index (χ1v) is 8.18. The van der Waals surface area contributed by atoms with Crippen LogP contribution in [0, 0.1) is 0 Å². The van der Waals surface area contributed by atoms with Gasteiger partial charge in [-0.05, 0) is 23.3 Å². The number of nitrogens with zero attached hydrogens (tertiary/aromatic N) is 1. The predicted octanol–water partition coefficient (Wildman–Crippen LogP) is 1.24. The van der Waals surface area contributed by atoms with Gasteiger partial charge in [0.25, 0.3) is 0 Å². The lowest BCUT2D eigenvalue weighted by atomic mass is 10.0. The second kappa shape index (κ2) is 5.89. The number of para-hydroxylation sites is 2. The molecular formula is C19H18N2O4. The summed E-state index contributed by atoms with van der Waals surface area (Å²) < 4.78 is 6.41. The van der Waals surface area contributed by atoms with E-state index in [1.807, 2.05) is 24.3 Å². The minimum Gasteiger partial charge on any atom is -0.408 e. The van der Waals surface area contributed by atoms with Crippen molar-refractivity contribution in [3.8, 4) is 0 Å². The van der Waals surface area contributed by atoms with Crippen molar-refractivity contribution in [2.75, 3.05) is 6.54 Å². The molecule has 0 fully saturated rings. The SMILES string of the molecule is O=C(Cn1c(=O)oc2ccccc21)NCC1(O)Cc2ccccc2C1. The molecule has 2 N–H and O–H groups in total. The Kier molecular flexibility index (Phi) is 3.69. The van der Waals surface area contributed by atoms with Crippen LogP contribution < -0.4 is 11.1 Å². The van der Waals surface area contributed by atoms with Gasteiger partial charge in [-0.3, -0.25) is 9.36 Å². The topological polar surface area (TPSA) is 84.5 Å². The standard InChI is InChI=1S/C19H18N2O4/c22-17(11-21-15-7-3-4-8-16(15)25-18(21)23)20-12-19(24)9-13-5-1-2-6-14(13)10-19/h1-8,24H,9-12H2,(H,20,22). The van der Waals surface area contributed by atoms with E-state index in [-0.39, 0.29) is 19.0 Å². The Labute approximate surface area is 143 Å². The molecule has 0 saturated heterocycles. The van der Waals surface area contributed by atoms with Crippen LogP contribution in [0.1, 0.15) is 11.1 Å². The lowest BCUT2D eigenvalue weighted by Gasteiger charge is -2.22. The lowest BCUT2D eigenvalue weighted by Crippen LogP contribution is -2.45. The number of hydrogen-bond donors (Lipinski definition) is 2. The van der Waals surface area contributed by atoms with Crippen LogP contribution in [0.4, 0.5) is 0 Å². The van der Waals surface area contributed by atoms with E-state index in [1.165, 1.54) is 4.57 Å². The first-order valence-electron chi connectivity index (χ1n) is 8.18. The van der Waals surface area contributed by atoms with E-state index in [9.17, 15) is 14.7 Å². The maximum Gasteiger partial charge on any atom is 0.420 e. The van der Waals surface area contributed by atoms with Gasteiger partial charge in [0, 0.05) is 19.4 Å². The van der Waals surface area contributed by atoms with Crippen LogP contribution in [0.5, 0.6) is 0 Å². The van der Waals surface area contributed by atoms with Crippen LogP contribution in [-0.4, -0.2) is 27.7 Å². The summed E-state index contributed by atoms with van der Waals surface area (Å²) in [6.07, 6.45) is 1.02. The van der Waals surface area contributed by atoms with Crippen molar-refractivity contribution in [2.45, 2.75) is 25.0 Å². The monoisotopic (exact) mass is 338 g/mol. The Morgan fingerprint density at radius 3 is 2.48 bits per heavy atom. The number of fused-ring (bicyclic) bond motifs is 2. The molecule has 3 aromatic rings. The number of aliphatic hydroxyl groups is 1. The van der Waals surface area contributed by atoms with Crippen molar-refractivity contribution >= 4 is 17.0 Å². The number of hydrogen-bond acceptors (Lipinski definition) is 4. The zero-order valence-corrected chi connectivity index (χ0v) is 13.6. The third-order valence-corrected chi connectivity index (χ3v) is 4.65. The van der Waals surface area contributed by atoms with Gasteiger partial charge in [-0.15, -0.1) is 0 Å². The average molecular weight is 338 g/mol. The van der Waals surface area contributed by atoms with Gasteiger partial charge in [0.15, 0.2) is 5.58 Å². The highest BCUT2D eigenvalue weighted by Gasteiger charge is 2.35. The molecule has 0 aliphatic heterocycles. The van der Waals surface area contributed by atoms with Crippen molar-refractivity contribution in [3.63, 3.8) is 0 Å². The summed E-state index contributed by atoms with van der Waals surface area (Å²) in [5, 5.41) is 13.5. The molecule has 1 aliphatic carbocycles. The van der Waals surface area contributed by atoms with Crippen LogP contribution in [-0.2, 0) is 24.2 Å². The zero-order valence-electron chi connectivity index (χ0n) is 13.6. The van der Waals surface area contributed by atoms with Gasteiger partial charge in [-0.1, -0.05) is 36.4 Å². The molecule has 6 heteroatoms. The lowest BCUT2D eigenvalue weighted by molar-refractivity contribution is -0.122. The maximum atomic E-state index is 12.3. The number of oxazole rings is 1. The predicted molar refractivity (Wildman–Crippen MR) is 92.3 cm³/mol. The smallest absolute Gasteiger partial charge is 0.408 e. The van der Waals surface area contributed by atoms with Crippen molar-refractivity contribution in [2.24, 2.45) is 0 Å². The van der Waals surface area contributed by atoms with Gasteiger partial charge in [-0.2, -0.15) is 0 Å². The zero-order chi connectivity index (χ0) is 17.4. The van der Waals surface area contributed by atoms with Crippen LogP contribution in [0.2, 0.25) is 0 Å². The Bertz CT molecular complexity index is 977. The molecule has 1 aromatic heterocycles. The first-order chi connectivity index (χ1) is 12.0. The van der Waals surface area contributed by atoms with Crippen LogP contribution in [0.25, 0.3) is 11.1 Å². The number of nitrogens with one attached hydrogen (secondary N) is 1. The minimum absolute atomic E-state index is 0.140. The summed E-state index contributed by atoms with van der Waals surface area (Å²) >= 11 is 0. The Balaban J connectivity index is 1.43. The second-order valence-electron chi connectivity index (χ2n) is 6.55. The molecule has 0 atom stereocenters.